The highest BCUT2D eigenvalue weighted by Crippen LogP contribution is 2.21. The van der Waals surface area contributed by atoms with Crippen LogP contribution in [0, 0.1) is 0 Å². The summed E-state index contributed by atoms with van der Waals surface area (Å²) in [5, 5.41) is 16.4. The van der Waals surface area contributed by atoms with Gasteiger partial charge in [-0.3, -0.25) is 0 Å². The van der Waals surface area contributed by atoms with Gasteiger partial charge in [0.1, 0.15) is 0 Å². The zero-order valence-electron chi connectivity index (χ0n) is 9.72. The lowest BCUT2D eigenvalue weighted by atomic mass is 10.2. The Kier molecular flexibility index (Phi) is 2.60. The fourth-order valence-corrected chi connectivity index (χ4v) is 1.68. The van der Waals surface area contributed by atoms with Crippen LogP contribution >= 0.6 is 0 Å². The summed E-state index contributed by atoms with van der Waals surface area (Å²) in [6, 6.07) is 10.9. The molecular formula is C13H9N3O3. The molecule has 2 heterocycles. The van der Waals surface area contributed by atoms with E-state index in [0.29, 0.717) is 11.3 Å². The summed E-state index contributed by atoms with van der Waals surface area (Å²) in [6.07, 6.45) is 3.35. The highest BCUT2D eigenvalue weighted by atomic mass is 16.5. The van der Waals surface area contributed by atoms with Crippen LogP contribution in [0.3, 0.4) is 0 Å². The molecule has 0 aliphatic heterocycles. The normalized spacial score (nSPS) is 10.5. The van der Waals surface area contributed by atoms with Gasteiger partial charge in [-0.2, -0.15) is 5.10 Å². The molecule has 6 nitrogen and oxygen atoms in total. The van der Waals surface area contributed by atoms with E-state index in [9.17, 15) is 4.79 Å². The summed E-state index contributed by atoms with van der Waals surface area (Å²) < 4.78 is 6.66. The highest BCUT2D eigenvalue weighted by Gasteiger charge is 2.13. The Bertz CT molecular complexity index is 716. The molecule has 0 bridgehead atoms. The van der Waals surface area contributed by atoms with Crippen LogP contribution in [0.25, 0.3) is 17.0 Å². The molecular weight excluding hydrogens is 246 g/mol. The van der Waals surface area contributed by atoms with E-state index in [1.54, 1.807) is 17.1 Å². The van der Waals surface area contributed by atoms with Gasteiger partial charge in [-0.25, -0.2) is 9.48 Å². The molecule has 6 heteroatoms. The molecule has 1 N–H and O–H groups in total. The maximum atomic E-state index is 10.7. The monoisotopic (exact) mass is 255 g/mol. The van der Waals surface area contributed by atoms with E-state index in [2.05, 4.69) is 10.3 Å². The molecule has 19 heavy (non-hydrogen) atoms. The number of nitrogens with zero attached hydrogens (tertiary/aromatic N) is 3. The van der Waals surface area contributed by atoms with E-state index in [-0.39, 0.29) is 5.69 Å². The lowest BCUT2D eigenvalue weighted by Gasteiger charge is -1.98. The van der Waals surface area contributed by atoms with Crippen molar-refractivity contribution in [3.8, 4) is 17.0 Å². The number of carbonyl (C=O) groups is 1. The molecule has 0 spiro atoms. The predicted octanol–water partition coefficient (Wildman–Crippen LogP) is 2.23. The van der Waals surface area contributed by atoms with E-state index in [4.69, 9.17) is 9.63 Å². The topological polar surface area (TPSA) is 81.1 Å². The van der Waals surface area contributed by atoms with Crippen molar-refractivity contribution < 1.29 is 14.4 Å². The lowest BCUT2D eigenvalue weighted by molar-refractivity contribution is 0.0686. The predicted molar refractivity (Wildman–Crippen MR) is 66.0 cm³/mol. The molecule has 1 aromatic carbocycles. The largest absolute Gasteiger partial charge is 0.476 e. The molecule has 2 aromatic heterocycles. The number of rotatable bonds is 3. The maximum Gasteiger partial charge on any atom is 0.358 e. The van der Waals surface area contributed by atoms with E-state index in [1.165, 1.54) is 6.07 Å². The van der Waals surface area contributed by atoms with Crippen molar-refractivity contribution in [1.82, 2.24) is 14.9 Å². The lowest BCUT2D eigenvalue weighted by Crippen LogP contribution is -1.94. The number of carboxylic acid groups (broad SMARTS) is 1. The maximum absolute atomic E-state index is 10.7. The summed E-state index contributed by atoms with van der Waals surface area (Å²) >= 11 is 0. The standard InChI is InChI=1S/C13H9N3O3/c17-13(18)11-6-12(19-15-11)9-7-14-16(8-9)10-4-2-1-3-5-10/h1-8H,(H,17,18). The van der Waals surface area contributed by atoms with Crippen LogP contribution in [0.1, 0.15) is 10.5 Å². The summed E-state index contributed by atoms with van der Waals surface area (Å²) in [6.45, 7) is 0. The van der Waals surface area contributed by atoms with Crippen LogP contribution in [0.15, 0.2) is 53.3 Å². The third kappa shape index (κ3) is 2.11. The van der Waals surface area contributed by atoms with Crippen molar-refractivity contribution in [3.05, 3.63) is 54.5 Å². The van der Waals surface area contributed by atoms with E-state index in [0.717, 1.165) is 5.69 Å². The third-order valence-electron chi connectivity index (χ3n) is 2.62. The average Bonchev–Trinajstić information content (AvgIpc) is 3.09. The molecule has 3 aromatic rings. The van der Waals surface area contributed by atoms with Crippen molar-refractivity contribution >= 4 is 5.97 Å². The number of hydrogen-bond donors (Lipinski definition) is 1. The molecule has 0 aliphatic carbocycles. The third-order valence-corrected chi connectivity index (χ3v) is 2.62. The molecule has 3 rings (SSSR count). The minimum absolute atomic E-state index is 0.123. The molecule has 0 atom stereocenters. The van der Waals surface area contributed by atoms with Gasteiger partial charge in [0.25, 0.3) is 0 Å². The second kappa shape index (κ2) is 4.41. The zero-order valence-corrected chi connectivity index (χ0v) is 9.72. The second-order valence-corrected chi connectivity index (χ2v) is 3.89. The van der Waals surface area contributed by atoms with Crippen molar-refractivity contribution in [1.29, 1.82) is 0 Å². The first-order chi connectivity index (χ1) is 9.24. The van der Waals surface area contributed by atoms with Crippen molar-refractivity contribution in [3.63, 3.8) is 0 Å². The van der Waals surface area contributed by atoms with Crippen LogP contribution < -0.4 is 0 Å². The number of aromatic nitrogens is 3. The Hall–Kier alpha value is -2.89. The van der Waals surface area contributed by atoms with E-state index >= 15 is 0 Å². The minimum Gasteiger partial charge on any atom is -0.476 e. The fourth-order valence-electron chi connectivity index (χ4n) is 1.68. The Morgan fingerprint density at radius 1 is 1.26 bits per heavy atom. The van der Waals surface area contributed by atoms with Crippen LogP contribution in [-0.4, -0.2) is 26.0 Å². The average molecular weight is 255 g/mol. The Morgan fingerprint density at radius 3 is 2.74 bits per heavy atom. The zero-order chi connectivity index (χ0) is 13.2. The SMILES string of the molecule is O=C(O)c1cc(-c2cnn(-c3ccccc3)c2)on1. The van der Waals surface area contributed by atoms with Crippen molar-refractivity contribution in [2.75, 3.05) is 0 Å². The number of para-hydroxylation sites is 1. The Morgan fingerprint density at radius 2 is 2.05 bits per heavy atom. The number of benzene rings is 1. The van der Waals surface area contributed by atoms with Crippen LogP contribution in [0.2, 0.25) is 0 Å². The smallest absolute Gasteiger partial charge is 0.358 e. The van der Waals surface area contributed by atoms with Crippen LogP contribution in [-0.2, 0) is 0 Å². The van der Waals surface area contributed by atoms with Crippen molar-refractivity contribution in [2.24, 2.45) is 0 Å². The Balaban J connectivity index is 1.94. The first kappa shape index (κ1) is 11.2. The van der Waals surface area contributed by atoms with Gasteiger partial charge in [0.15, 0.2) is 11.5 Å². The number of hydrogen-bond acceptors (Lipinski definition) is 4. The van der Waals surface area contributed by atoms with Gasteiger partial charge in [-0.15, -0.1) is 0 Å². The van der Waals surface area contributed by atoms with Crippen molar-refractivity contribution in [2.45, 2.75) is 0 Å². The first-order valence-corrected chi connectivity index (χ1v) is 5.54. The van der Waals surface area contributed by atoms with Crippen LogP contribution in [0.5, 0.6) is 0 Å². The highest BCUT2D eigenvalue weighted by molar-refractivity contribution is 5.86. The summed E-state index contributed by atoms with van der Waals surface area (Å²) in [4.78, 5) is 10.7. The van der Waals surface area contributed by atoms with Gasteiger partial charge >= 0.3 is 5.97 Å². The molecule has 0 saturated heterocycles. The van der Waals surface area contributed by atoms with Gasteiger partial charge in [0.05, 0.1) is 17.4 Å². The fraction of sp³-hybridized carbons (Fsp3) is 0. The van der Waals surface area contributed by atoms with Crippen LogP contribution in [0.4, 0.5) is 0 Å². The number of carboxylic acids is 1. The summed E-state index contributed by atoms with van der Waals surface area (Å²) in [5.74, 6) is -0.745. The number of aromatic carboxylic acids is 1. The van der Waals surface area contributed by atoms with E-state index in [1.807, 2.05) is 30.3 Å². The van der Waals surface area contributed by atoms with E-state index < -0.39 is 5.97 Å². The second-order valence-electron chi connectivity index (χ2n) is 3.89. The quantitative estimate of drug-likeness (QED) is 0.776. The minimum atomic E-state index is -1.12. The summed E-state index contributed by atoms with van der Waals surface area (Å²) in [7, 11) is 0. The van der Waals surface area contributed by atoms with Gasteiger partial charge in [-0.05, 0) is 12.1 Å². The molecule has 0 aliphatic rings. The Labute approximate surface area is 107 Å². The molecule has 0 saturated carbocycles. The van der Waals surface area contributed by atoms with Gasteiger partial charge in [-0.1, -0.05) is 23.4 Å². The summed E-state index contributed by atoms with van der Waals surface area (Å²) in [5.41, 5.74) is 1.46. The molecule has 0 radical (unpaired) electrons. The molecule has 0 amide bonds. The first-order valence-electron chi connectivity index (χ1n) is 5.54. The van der Waals surface area contributed by atoms with Gasteiger partial charge in [0, 0.05) is 12.3 Å². The molecule has 94 valence electrons. The molecule has 0 fully saturated rings. The molecule has 0 unspecified atom stereocenters. The van der Waals surface area contributed by atoms with Gasteiger partial charge < -0.3 is 9.63 Å². The van der Waals surface area contributed by atoms with Gasteiger partial charge in [0.2, 0.25) is 0 Å².